The van der Waals surface area contributed by atoms with E-state index in [2.05, 4.69) is 15.5 Å². The Bertz CT molecular complexity index is 1160. The zero-order valence-corrected chi connectivity index (χ0v) is 13.7. The summed E-state index contributed by atoms with van der Waals surface area (Å²) >= 11 is 0. The smallest absolute Gasteiger partial charge is 0.349 e. The van der Waals surface area contributed by atoms with Crippen molar-refractivity contribution in [2.75, 3.05) is 5.32 Å². The van der Waals surface area contributed by atoms with Crippen LogP contribution in [0, 0.1) is 6.92 Å². The molecule has 0 fully saturated rings. The average Bonchev–Trinajstić information content (AvgIpc) is 3.08. The first-order valence-electron chi connectivity index (χ1n) is 7.85. The van der Waals surface area contributed by atoms with Crippen LogP contribution in [0.1, 0.15) is 16.2 Å². The largest absolute Gasteiger partial charge is 0.422 e. The summed E-state index contributed by atoms with van der Waals surface area (Å²) in [7, 11) is 0. The molecular formula is C19H13N3O4. The number of hydrogen-bond donors (Lipinski definition) is 1. The number of nitrogens with zero attached hydrogens (tertiary/aromatic N) is 2. The summed E-state index contributed by atoms with van der Waals surface area (Å²) in [6, 6.07) is 15.4. The Morgan fingerprint density at radius 2 is 1.77 bits per heavy atom. The Morgan fingerprint density at radius 3 is 2.50 bits per heavy atom. The monoisotopic (exact) mass is 347 g/mol. The molecule has 26 heavy (non-hydrogen) atoms. The predicted octanol–water partition coefficient (Wildman–Crippen LogP) is 3.40. The number of fused-ring (bicyclic) bond motifs is 1. The summed E-state index contributed by atoms with van der Waals surface area (Å²) in [5, 5.41) is 11.1. The van der Waals surface area contributed by atoms with E-state index in [0.29, 0.717) is 28.4 Å². The molecule has 0 atom stereocenters. The van der Waals surface area contributed by atoms with E-state index in [-0.39, 0.29) is 5.56 Å². The Kier molecular flexibility index (Phi) is 3.81. The van der Waals surface area contributed by atoms with Gasteiger partial charge in [0.25, 0.3) is 5.91 Å². The Balaban J connectivity index is 1.58. The minimum absolute atomic E-state index is 0.0553. The standard InChI is InChI=1S/C19H13N3O4/c1-11-21-22-18(25-11)12-6-8-14(9-7-12)20-17(23)15-10-13-4-2-3-5-16(13)26-19(15)24/h2-10H,1H3,(H,20,23). The van der Waals surface area contributed by atoms with E-state index in [1.165, 1.54) is 6.07 Å². The quantitative estimate of drug-likeness (QED) is 0.570. The topological polar surface area (TPSA) is 98.2 Å². The van der Waals surface area contributed by atoms with Crippen LogP contribution < -0.4 is 10.9 Å². The molecule has 7 nitrogen and oxygen atoms in total. The maximum atomic E-state index is 12.4. The van der Waals surface area contributed by atoms with Crippen LogP contribution in [0.15, 0.2) is 68.2 Å². The van der Waals surface area contributed by atoms with E-state index in [0.717, 1.165) is 5.56 Å². The molecule has 128 valence electrons. The van der Waals surface area contributed by atoms with Crippen molar-refractivity contribution in [3.63, 3.8) is 0 Å². The summed E-state index contributed by atoms with van der Waals surface area (Å²) in [5.41, 5.74) is 0.962. The highest BCUT2D eigenvalue weighted by molar-refractivity contribution is 6.05. The van der Waals surface area contributed by atoms with Gasteiger partial charge in [-0.15, -0.1) is 10.2 Å². The van der Waals surface area contributed by atoms with Gasteiger partial charge in [0.05, 0.1) is 0 Å². The lowest BCUT2D eigenvalue weighted by Gasteiger charge is -2.05. The fraction of sp³-hybridized carbons (Fsp3) is 0.0526. The van der Waals surface area contributed by atoms with E-state index in [1.807, 2.05) is 6.07 Å². The van der Waals surface area contributed by atoms with E-state index in [1.54, 1.807) is 49.4 Å². The highest BCUT2D eigenvalue weighted by Crippen LogP contribution is 2.20. The van der Waals surface area contributed by atoms with Gasteiger partial charge in [-0.1, -0.05) is 18.2 Å². The van der Waals surface area contributed by atoms with Crippen molar-refractivity contribution >= 4 is 22.6 Å². The van der Waals surface area contributed by atoms with Crippen molar-refractivity contribution in [2.24, 2.45) is 0 Å². The molecule has 0 aliphatic heterocycles. The van der Waals surface area contributed by atoms with Gasteiger partial charge in [-0.2, -0.15) is 0 Å². The zero-order chi connectivity index (χ0) is 18.1. The molecule has 0 aliphatic rings. The number of carbonyl (C=O) groups excluding carboxylic acids is 1. The van der Waals surface area contributed by atoms with E-state index >= 15 is 0 Å². The van der Waals surface area contributed by atoms with Crippen molar-refractivity contribution in [3.05, 3.63) is 76.5 Å². The third kappa shape index (κ3) is 2.98. The molecule has 0 radical (unpaired) electrons. The molecule has 0 spiro atoms. The predicted molar refractivity (Wildman–Crippen MR) is 94.9 cm³/mol. The van der Waals surface area contributed by atoms with Gasteiger partial charge in [0, 0.05) is 23.6 Å². The van der Waals surface area contributed by atoms with Crippen molar-refractivity contribution in [3.8, 4) is 11.5 Å². The molecule has 7 heteroatoms. The van der Waals surface area contributed by atoms with Gasteiger partial charge in [-0.05, 0) is 36.4 Å². The van der Waals surface area contributed by atoms with Crippen LogP contribution in [-0.4, -0.2) is 16.1 Å². The molecule has 2 aromatic heterocycles. The molecule has 0 aliphatic carbocycles. The van der Waals surface area contributed by atoms with Crippen molar-refractivity contribution in [1.29, 1.82) is 0 Å². The maximum Gasteiger partial charge on any atom is 0.349 e. The molecule has 2 aromatic carbocycles. The second kappa shape index (κ2) is 6.29. The van der Waals surface area contributed by atoms with Crippen LogP contribution in [0.2, 0.25) is 0 Å². The molecular weight excluding hydrogens is 334 g/mol. The molecule has 2 heterocycles. The summed E-state index contributed by atoms with van der Waals surface area (Å²) < 4.78 is 10.5. The fourth-order valence-electron chi connectivity index (χ4n) is 2.53. The minimum Gasteiger partial charge on any atom is -0.422 e. The van der Waals surface area contributed by atoms with Gasteiger partial charge in [0.15, 0.2) is 0 Å². The summed E-state index contributed by atoms with van der Waals surface area (Å²) in [5.74, 6) is 0.335. The number of aromatic nitrogens is 2. The minimum atomic E-state index is -0.681. The lowest BCUT2D eigenvalue weighted by atomic mass is 10.1. The average molecular weight is 347 g/mol. The third-order valence-corrected chi connectivity index (χ3v) is 3.80. The second-order valence-electron chi connectivity index (χ2n) is 5.64. The molecule has 0 unspecified atom stereocenters. The number of carbonyl (C=O) groups is 1. The lowest BCUT2D eigenvalue weighted by molar-refractivity contribution is 0.102. The normalized spacial score (nSPS) is 10.8. The van der Waals surface area contributed by atoms with Crippen LogP contribution in [0.4, 0.5) is 5.69 Å². The summed E-state index contributed by atoms with van der Waals surface area (Å²) in [4.78, 5) is 24.5. The van der Waals surface area contributed by atoms with E-state index < -0.39 is 11.5 Å². The van der Waals surface area contributed by atoms with Crippen molar-refractivity contribution in [1.82, 2.24) is 10.2 Å². The van der Waals surface area contributed by atoms with Crippen LogP contribution >= 0.6 is 0 Å². The zero-order valence-electron chi connectivity index (χ0n) is 13.7. The van der Waals surface area contributed by atoms with Crippen LogP contribution in [-0.2, 0) is 0 Å². The number of rotatable bonds is 3. The number of para-hydroxylation sites is 1. The summed E-state index contributed by atoms with van der Waals surface area (Å²) in [6.07, 6.45) is 0. The van der Waals surface area contributed by atoms with Gasteiger partial charge in [0.2, 0.25) is 11.8 Å². The maximum absolute atomic E-state index is 12.4. The molecule has 1 N–H and O–H groups in total. The molecule has 4 rings (SSSR count). The highest BCUT2D eigenvalue weighted by Gasteiger charge is 2.14. The van der Waals surface area contributed by atoms with Crippen LogP contribution in [0.3, 0.4) is 0 Å². The van der Waals surface area contributed by atoms with Gasteiger partial charge in [-0.3, -0.25) is 4.79 Å². The Labute approximate surface area is 147 Å². The highest BCUT2D eigenvalue weighted by atomic mass is 16.4. The molecule has 1 amide bonds. The Morgan fingerprint density at radius 1 is 1.00 bits per heavy atom. The molecule has 4 aromatic rings. The molecule has 0 saturated carbocycles. The first kappa shape index (κ1) is 15.8. The van der Waals surface area contributed by atoms with Gasteiger partial charge in [-0.25, -0.2) is 4.79 Å². The van der Waals surface area contributed by atoms with Gasteiger partial charge in [0.1, 0.15) is 11.1 Å². The molecule has 0 bridgehead atoms. The first-order chi connectivity index (χ1) is 12.6. The molecule has 0 saturated heterocycles. The lowest BCUT2D eigenvalue weighted by Crippen LogP contribution is -2.20. The number of nitrogens with one attached hydrogen (secondary N) is 1. The number of benzene rings is 2. The first-order valence-corrected chi connectivity index (χ1v) is 7.85. The third-order valence-electron chi connectivity index (χ3n) is 3.80. The van der Waals surface area contributed by atoms with Crippen LogP contribution in [0.5, 0.6) is 0 Å². The fourth-order valence-corrected chi connectivity index (χ4v) is 2.53. The van der Waals surface area contributed by atoms with Crippen molar-refractivity contribution < 1.29 is 13.6 Å². The van der Waals surface area contributed by atoms with Crippen LogP contribution in [0.25, 0.3) is 22.4 Å². The number of amides is 1. The van der Waals surface area contributed by atoms with E-state index in [9.17, 15) is 9.59 Å². The SMILES string of the molecule is Cc1nnc(-c2ccc(NC(=O)c3cc4ccccc4oc3=O)cc2)o1. The number of anilines is 1. The second-order valence-corrected chi connectivity index (χ2v) is 5.64. The van der Waals surface area contributed by atoms with E-state index in [4.69, 9.17) is 8.83 Å². The van der Waals surface area contributed by atoms with Gasteiger partial charge >= 0.3 is 5.63 Å². The van der Waals surface area contributed by atoms with Gasteiger partial charge < -0.3 is 14.2 Å². The Hall–Kier alpha value is -3.74. The number of aryl methyl sites for hydroxylation is 1. The summed E-state index contributed by atoms with van der Waals surface area (Å²) in [6.45, 7) is 1.71. The number of hydrogen-bond acceptors (Lipinski definition) is 6. The van der Waals surface area contributed by atoms with Crippen molar-refractivity contribution in [2.45, 2.75) is 6.92 Å².